The summed E-state index contributed by atoms with van der Waals surface area (Å²) >= 11 is 0. The first-order chi connectivity index (χ1) is 10.8. The molecule has 0 radical (unpaired) electrons. The van der Waals surface area contributed by atoms with Crippen molar-refractivity contribution in [2.45, 2.75) is 50.0 Å². The maximum absolute atomic E-state index is 12.6. The zero-order valence-electron chi connectivity index (χ0n) is 12.9. The van der Waals surface area contributed by atoms with Gasteiger partial charge >= 0.3 is 5.97 Å². The summed E-state index contributed by atoms with van der Waals surface area (Å²) in [5.74, 6) is -1.66. The van der Waals surface area contributed by atoms with E-state index in [0.29, 0.717) is 24.0 Å². The number of hydrogen-bond acceptors (Lipinski definition) is 4. The molecular formula is C16H20N2O4S. The Bertz CT molecular complexity index is 737. The number of nitrogens with zero attached hydrogens (tertiary/aromatic N) is 1. The number of carboxylic acid groups (broad SMARTS) is 1. The minimum atomic E-state index is -3.82. The van der Waals surface area contributed by atoms with E-state index >= 15 is 0 Å². The lowest BCUT2D eigenvalue weighted by atomic mass is 9.96. The zero-order valence-corrected chi connectivity index (χ0v) is 13.8. The minimum Gasteiger partial charge on any atom is -0.481 e. The molecule has 0 amide bonds. The van der Waals surface area contributed by atoms with Crippen LogP contribution in [0.15, 0.2) is 23.1 Å². The van der Waals surface area contributed by atoms with Crippen LogP contribution in [0.5, 0.6) is 0 Å². The van der Waals surface area contributed by atoms with Crippen LogP contribution in [-0.2, 0) is 14.8 Å². The highest BCUT2D eigenvalue weighted by Crippen LogP contribution is 2.26. The van der Waals surface area contributed by atoms with Crippen molar-refractivity contribution in [2.75, 3.05) is 0 Å². The number of hydrogen-bond donors (Lipinski definition) is 2. The zero-order chi connectivity index (χ0) is 17.0. The van der Waals surface area contributed by atoms with Crippen LogP contribution in [0.2, 0.25) is 0 Å². The third kappa shape index (κ3) is 4.09. The van der Waals surface area contributed by atoms with Crippen LogP contribution in [-0.4, -0.2) is 25.5 Å². The summed E-state index contributed by atoms with van der Waals surface area (Å²) in [6, 6.07) is 5.71. The van der Waals surface area contributed by atoms with Gasteiger partial charge in [-0.05, 0) is 43.5 Å². The van der Waals surface area contributed by atoms with Crippen LogP contribution < -0.4 is 4.72 Å². The molecule has 1 aromatic carbocycles. The molecule has 1 aliphatic rings. The Labute approximate surface area is 136 Å². The van der Waals surface area contributed by atoms with E-state index in [1.165, 1.54) is 18.2 Å². The van der Waals surface area contributed by atoms with E-state index in [4.69, 9.17) is 5.26 Å². The maximum Gasteiger partial charge on any atom is 0.308 e. The molecule has 124 valence electrons. The summed E-state index contributed by atoms with van der Waals surface area (Å²) in [4.78, 5) is 11.5. The van der Waals surface area contributed by atoms with E-state index < -0.39 is 28.0 Å². The number of aliphatic carboxylic acids is 1. The van der Waals surface area contributed by atoms with E-state index in [1.54, 1.807) is 6.92 Å². The summed E-state index contributed by atoms with van der Waals surface area (Å²) in [5, 5.41) is 18.2. The van der Waals surface area contributed by atoms with E-state index in [0.717, 1.165) is 19.3 Å². The monoisotopic (exact) mass is 336 g/mol. The molecule has 0 aromatic heterocycles. The predicted octanol–water partition coefficient (Wildman–Crippen LogP) is 2.18. The normalized spacial score (nSPS) is 22.1. The quantitative estimate of drug-likeness (QED) is 0.819. The average molecular weight is 336 g/mol. The van der Waals surface area contributed by atoms with E-state index in [2.05, 4.69) is 4.72 Å². The molecule has 1 saturated carbocycles. The van der Waals surface area contributed by atoms with Crippen molar-refractivity contribution in [1.82, 2.24) is 4.72 Å². The molecule has 0 bridgehead atoms. The number of nitriles is 1. The number of aryl methyl sites for hydroxylation is 1. The highest BCUT2D eigenvalue weighted by molar-refractivity contribution is 7.89. The van der Waals surface area contributed by atoms with Crippen molar-refractivity contribution in [3.8, 4) is 6.07 Å². The molecule has 7 heteroatoms. The highest BCUT2D eigenvalue weighted by atomic mass is 32.2. The van der Waals surface area contributed by atoms with E-state index in [9.17, 15) is 18.3 Å². The Morgan fingerprint density at radius 1 is 1.30 bits per heavy atom. The van der Waals surface area contributed by atoms with Crippen molar-refractivity contribution in [2.24, 2.45) is 5.92 Å². The van der Waals surface area contributed by atoms with Crippen LogP contribution in [0.3, 0.4) is 0 Å². The molecule has 0 heterocycles. The number of benzene rings is 1. The predicted molar refractivity (Wildman–Crippen MR) is 84.2 cm³/mol. The van der Waals surface area contributed by atoms with Gasteiger partial charge in [0.1, 0.15) is 0 Å². The Balaban J connectivity index is 2.29. The first-order valence-electron chi connectivity index (χ1n) is 7.61. The average Bonchev–Trinajstić information content (AvgIpc) is 2.71. The number of carbonyl (C=O) groups is 1. The Morgan fingerprint density at radius 3 is 2.61 bits per heavy atom. The number of nitrogens with one attached hydrogen (secondary N) is 1. The largest absolute Gasteiger partial charge is 0.481 e. The van der Waals surface area contributed by atoms with Gasteiger partial charge in [-0.3, -0.25) is 4.79 Å². The van der Waals surface area contributed by atoms with Crippen molar-refractivity contribution >= 4 is 16.0 Å². The molecular weight excluding hydrogens is 316 g/mol. The lowest BCUT2D eigenvalue weighted by Crippen LogP contribution is -2.42. The number of carboxylic acids is 1. The smallest absolute Gasteiger partial charge is 0.308 e. The minimum absolute atomic E-state index is 0.0879. The molecule has 1 aliphatic carbocycles. The molecule has 0 spiro atoms. The molecule has 1 fully saturated rings. The van der Waals surface area contributed by atoms with Crippen LogP contribution in [0, 0.1) is 24.2 Å². The second-order valence-corrected chi connectivity index (χ2v) is 7.59. The van der Waals surface area contributed by atoms with Crippen molar-refractivity contribution in [3.63, 3.8) is 0 Å². The SMILES string of the molecule is Cc1cc(C#N)ccc1S(=O)(=O)N[C@@H]1CCCCC[C@@H]1C(=O)O. The molecule has 0 saturated heterocycles. The van der Waals surface area contributed by atoms with Gasteiger partial charge in [-0.15, -0.1) is 0 Å². The lowest BCUT2D eigenvalue weighted by molar-refractivity contribution is -0.142. The van der Waals surface area contributed by atoms with Gasteiger partial charge < -0.3 is 5.11 Å². The van der Waals surface area contributed by atoms with Crippen LogP contribution in [0.25, 0.3) is 0 Å². The van der Waals surface area contributed by atoms with Gasteiger partial charge in [0.2, 0.25) is 10.0 Å². The van der Waals surface area contributed by atoms with Gasteiger partial charge in [-0.1, -0.05) is 19.3 Å². The second-order valence-electron chi connectivity index (χ2n) is 5.90. The second kappa shape index (κ2) is 7.11. The van der Waals surface area contributed by atoms with Gasteiger partial charge in [-0.25, -0.2) is 13.1 Å². The molecule has 2 atom stereocenters. The summed E-state index contributed by atoms with van der Waals surface area (Å²) < 4.78 is 27.8. The van der Waals surface area contributed by atoms with Crippen molar-refractivity contribution in [3.05, 3.63) is 29.3 Å². The Kier molecular flexibility index (Phi) is 5.39. The topological polar surface area (TPSA) is 107 Å². The van der Waals surface area contributed by atoms with E-state index in [-0.39, 0.29) is 4.90 Å². The van der Waals surface area contributed by atoms with Crippen LogP contribution in [0.1, 0.15) is 43.2 Å². The van der Waals surface area contributed by atoms with Gasteiger partial charge in [0, 0.05) is 6.04 Å². The number of sulfonamides is 1. The molecule has 1 aromatic rings. The number of rotatable bonds is 4. The fourth-order valence-electron chi connectivity index (χ4n) is 3.03. The standard InChI is InChI=1S/C16H20N2O4S/c1-11-9-12(10-17)7-8-15(11)23(21,22)18-14-6-4-2-3-5-13(14)16(19)20/h7-9,13-14,18H,2-6H2,1H3,(H,19,20)/t13-,14+/m0/s1. The van der Waals surface area contributed by atoms with Crippen LogP contribution in [0.4, 0.5) is 0 Å². The maximum atomic E-state index is 12.6. The molecule has 6 nitrogen and oxygen atoms in total. The summed E-state index contributed by atoms with van der Waals surface area (Å²) in [6.45, 7) is 1.62. The van der Waals surface area contributed by atoms with Gasteiger partial charge in [-0.2, -0.15) is 5.26 Å². The van der Waals surface area contributed by atoms with Gasteiger partial charge in [0.15, 0.2) is 0 Å². The summed E-state index contributed by atoms with van der Waals surface area (Å²) in [6.07, 6.45) is 3.52. The van der Waals surface area contributed by atoms with E-state index in [1.807, 2.05) is 6.07 Å². The lowest BCUT2D eigenvalue weighted by Gasteiger charge is -2.23. The van der Waals surface area contributed by atoms with Crippen molar-refractivity contribution in [1.29, 1.82) is 5.26 Å². The van der Waals surface area contributed by atoms with Crippen LogP contribution >= 0.6 is 0 Å². The first kappa shape index (κ1) is 17.4. The third-order valence-electron chi connectivity index (χ3n) is 4.23. The first-order valence-corrected chi connectivity index (χ1v) is 9.09. The van der Waals surface area contributed by atoms with Crippen molar-refractivity contribution < 1.29 is 18.3 Å². The molecule has 0 aliphatic heterocycles. The van der Waals surface area contributed by atoms with Gasteiger partial charge in [0.25, 0.3) is 0 Å². The summed E-state index contributed by atoms with van der Waals surface area (Å²) in [7, 11) is -3.82. The molecule has 2 rings (SSSR count). The molecule has 2 N–H and O–H groups in total. The fourth-order valence-corrected chi connectivity index (χ4v) is 4.57. The Hall–Kier alpha value is -1.91. The van der Waals surface area contributed by atoms with Gasteiger partial charge in [0.05, 0.1) is 22.4 Å². The third-order valence-corrected chi connectivity index (χ3v) is 5.88. The molecule has 23 heavy (non-hydrogen) atoms. The Morgan fingerprint density at radius 2 is 2.00 bits per heavy atom. The molecule has 0 unspecified atom stereocenters. The fraction of sp³-hybridized carbons (Fsp3) is 0.500. The highest BCUT2D eigenvalue weighted by Gasteiger charge is 2.33. The summed E-state index contributed by atoms with van der Waals surface area (Å²) in [5.41, 5.74) is 0.858.